The summed E-state index contributed by atoms with van der Waals surface area (Å²) >= 11 is 8.16. The van der Waals surface area contributed by atoms with Crippen LogP contribution in [0.4, 0.5) is 0 Å². The number of hydrogen-bond acceptors (Lipinski definition) is 2. The first-order valence-corrected chi connectivity index (χ1v) is 6.78. The highest BCUT2D eigenvalue weighted by molar-refractivity contribution is 7.99. The summed E-state index contributed by atoms with van der Waals surface area (Å²) in [7, 11) is 0. The fourth-order valence-corrected chi connectivity index (χ4v) is 3.59. The summed E-state index contributed by atoms with van der Waals surface area (Å²) in [6.07, 6.45) is 1.02. The quantitative estimate of drug-likeness (QED) is 0.862. The van der Waals surface area contributed by atoms with Crippen LogP contribution >= 0.6 is 23.4 Å². The molecular formula is C12H16ClNS. The molecule has 0 saturated carbocycles. The van der Waals surface area contributed by atoms with Gasteiger partial charge in [0.15, 0.2) is 0 Å². The van der Waals surface area contributed by atoms with Gasteiger partial charge in [-0.15, -0.1) is 0 Å². The number of thioether (sulfide) groups is 1. The van der Waals surface area contributed by atoms with Gasteiger partial charge in [0.05, 0.1) is 0 Å². The third kappa shape index (κ3) is 2.68. The molecular weight excluding hydrogens is 226 g/mol. The second-order valence-electron chi connectivity index (χ2n) is 4.26. The van der Waals surface area contributed by atoms with Crippen molar-refractivity contribution >= 4 is 23.4 Å². The van der Waals surface area contributed by atoms with Crippen molar-refractivity contribution in [1.82, 2.24) is 0 Å². The highest BCUT2D eigenvalue weighted by Crippen LogP contribution is 2.28. The van der Waals surface area contributed by atoms with Gasteiger partial charge in [0.2, 0.25) is 0 Å². The van der Waals surface area contributed by atoms with Crippen molar-refractivity contribution < 1.29 is 0 Å². The van der Waals surface area contributed by atoms with E-state index < -0.39 is 0 Å². The second kappa shape index (κ2) is 4.77. The predicted octanol–water partition coefficient (Wildman–Crippen LogP) is 2.88. The van der Waals surface area contributed by atoms with Gasteiger partial charge in [0.1, 0.15) is 0 Å². The molecule has 1 aromatic rings. The molecule has 0 spiro atoms. The average Bonchev–Trinajstić information content (AvgIpc) is 2.57. The molecule has 0 bridgehead atoms. The van der Waals surface area contributed by atoms with Gasteiger partial charge in [0, 0.05) is 16.8 Å². The zero-order valence-corrected chi connectivity index (χ0v) is 10.4. The second-order valence-corrected chi connectivity index (χ2v) is 5.74. The SMILES string of the molecule is Cc1ccc(CC2CSCC2N)c(Cl)c1. The van der Waals surface area contributed by atoms with Gasteiger partial charge in [-0.1, -0.05) is 23.7 Å². The molecule has 0 aromatic heterocycles. The summed E-state index contributed by atoms with van der Waals surface area (Å²) in [6, 6.07) is 6.62. The van der Waals surface area contributed by atoms with Crippen LogP contribution in [0.5, 0.6) is 0 Å². The van der Waals surface area contributed by atoms with Crippen LogP contribution in [-0.4, -0.2) is 17.5 Å². The molecule has 2 unspecified atom stereocenters. The van der Waals surface area contributed by atoms with Crippen molar-refractivity contribution in [2.45, 2.75) is 19.4 Å². The Morgan fingerprint density at radius 3 is 2.87 bits per heavy atom. The van der Waals surface area contributed by atoms with Crippen LogP contribution in [0.2, 0.25) is 5.02 Å². The lowest BCUT2D eigenvalue weighted by Crippen LogP contribution is -2.29. The minimum absolute atomic E-state index is 0.340. The van der Waals surface area contributed by atoms with Crippen LogP contribution in [0, 0.1) is 12.8 Å². The first-order valence-electron chi connectivity index (χ1n) is 5.25. The molecule has 1 fully saturated rings. The van der Waals surface area contributed by atoms with Crippen LogP contribution in [-0.2, 0) is 6.42 Å². The van der Waals surface area contributed by atoms with E-state index in [0.717, 1.165) is 17.2 Å². The molecule has 1 aliphatic rings. The molecule has 2 N–H and O–H groups in total. The maximum absolute atomic E-state index is 6.21. The minimum atomic E-state index is 0.340. The molecule has 1 heterocycles. The zero-order valence-electron chi connectivity index (χ0n) is 8.87. The molecule has 2 atom stereocenters. The van der Waals surface area contributed by atoms with Gasteiger partial charge < -0.3 is 5.73 Å². The largest absolute Gasteiger partial charge is 0.327 e. The van der Waals surface area contributed by atoms with Crippen molar-refractivity contribution in [3.05, 3.63) is 34.3 Å². The van der Waals surface area contributed by atoms with Gasteiger partial charge in [-0.2, -0.15) is 11.8 Å². The average molecular weight is 242 g/mol. The van der Waals surface area contributed by atoms with E-state index in [1.165, 1.54) is 16.9 Å². The van der Waals surface area contributed by atoms with E-state index >= 15 is 0 Å². The molecule has 2 rings (SSSR count). The van der Waals surface area contributed by atoms with Gasteiger partial charge in [-0.3, -0.25) is 0 Å². The van der Waals surface area contributed by atoms with Crippen LogP contribution in [0.1, 0.15) is 11.1 Å². The predicted molar refractivity (Wildman–Crippen MR) is 68.7 cm³/mol. The highest BCUT2D eigenvalue weighted by atomic mass is 35.5. The number of nitrogens with two attached hydrogens (primary N) is 1. The topological polar surface area (TPSA) is 26.0 Å². The number of rotatable bonds is 2. The number of aryl methyl sites for hydroxylation is 1. The van der Waals surface area contributed by atoms with E-state index in [-0.39, 0.29) is 0 Å². The minimum Gasteiger partial charge on any atom is -0.327 e. The van der Waals surface area contributed by atoms with Gasteiger partial charge in [-0.05, 0) is 42.2 Å². The third-order valence-electron chi connectivity index (χ3n) is 2.94. The zero-order chi connectivity index (χ0) is 10.8. The molecule has 15 heavy (non-hydrogen) atoms. The van der Waals surface area contributed by atoms with Gasteiger partial charge in [0.25, 0.3) is 0 Å². The van der Waals surface area contributed by atoms with Crippen LogP contribution in [0.25, 0.3) is 0 Å². The van der Waals surface area contributed by atoms with Crippen molar-refractivity contribution in [3.8, 4) is 0 Å². The summed E-state index contributed by atoms with van der Waals surface area (Å²) in [5.41, 5.74) is 8.50. The first kappa shape index (κ1) is 11.3. The molecule has 3 heteroatoms. The fraction of sp³-hybridized carbons (Fsp3) is 0.500. The summed E-state index contributed by atoms with van der Waals surface area (Å²) in [6.45, 7) is 2.06. The van der Waals surface area contributed by atoms with Crippen LogP contribution in [0.15, 0.2) is 18.2 Å². The Bertz CT molecular complexity index is 353. The normalized spacial score (nSPS) is 25.8. The maximum Gasteiger partial charge on any atom is 0.0440 e. The summed E-state index contributed by atoms with van der Waals surface area (Å²) < 4.78 is 0. The Labute approximate surface area is 100 Å². The van der Waals surface area contributed by atoms with E-state index in [4.69, 9.17) is 17.3 Å². The first-order chi connectivity index (χ1) is 7.16. The molecule has 0 amide bonds. The van der Waals surface area contributed by atoms with Crippen molar-refractivity contribution in [3.63, 3.8) is 0 Å². The fourth-order valence-electron chi connectivity index (χ4n) is 1.93. The monoisotopic (exact) mass is 241 g/mol. The van der Waals surface area contributed by atoms with Gasteiger partial charge in [-0.25, -0.2) is 0 Å². The molecule has 0 radical (unpaired) electrons. The lowest BCUT2D eigenvalue weighted by Gasteiger charge is -2.15. The summed E-state index contributed by atoms with van der Waals surface area (Å²) in [4.78, 5) is 0. The lowest BCUT2D eigenvalue weighted by atomic mass is 9.95. The molecule has 0 aliphatic carbocycles. The van der Waals surface area contributed by atoms with Crippen LogP contribution < -0.4 is 5.73 Å². The Balaban J connectivity index is 2.10. The molecule has 1 nitrogen and oxygen atoms in total. The van der Waals surface area contributed by atoms with E-state index in [9.17, 15) is 0 Å². The number of hydrogen-bond donors (Lipinski definition) is 1. The van der Waals surface area contributed by atoms with E-state index in [1.54, 1.807) is 0 Å². The number of halogens is 1. The lowest BCUT2D eigenvalue weighted by molar-refractivity contribution is 0.515. The Kier molecular flexibility index (Phi) is 3.60. The molecule has 1 aliphatic heterocycles. The van der Waals surface area contributed by atoms with E-state index in [1.807, 2.05) is 17.8 Å². The summed E-state index contributed by atoms with van der Waals surface area (Å²) in [5.74, 6) is 2.86. The highest BCUT2D eigenvalue weighted by Gasteiger charge is 2.25. The molecule has 82 valence electrons. The van der Waals surface area contributed by atoms with Crippen molar-refractivity contribution in [2.75, 3.05) is 11.5 Å². The number of benzene rings is 1. The van der Waals surface area contributed by atoms with Crippen molar-refractivity contribution in [2.24, 2.45) is 11.7 Å². The maximum atomic E-state index is 6.21. The smallest absolute Gasteiger partial charge is 0.0440 e. The standard InChI is InChI=1S/C12H16ClNS/c1-8-2-3-9(11(13)4-8)5-10-6-15-7-12(10)14/h2-4,10,12H,5-7,14H2,1H3. The van der Waals surface area contributed by atoms with Crippen LogP contribution in [0.3, 0.4) is 0 Å². The summed E-state index contributed by atoms with van der Waals surface area (Å²) in [5, 5.41) is 0.888. The molecule has 1 saturated heterocycles. The van der Waals surface area contributed by atoms with E-state index in [2.05, 4.69) is 19.1 Å². The Morgan fingerprint density at radius 1 is 1.47 bits per heavy atom. The third-order valence-corrected chi connectivity index (χ3v) is 4.57. The Hall–Kier alpha value is -0.180. The molecule has 1 aromatic carbocycles. The van der Waals surface area contributed by atoms with Crippen molar-refractivity contribution in [1.29, 1.82) is 0 Å². The van der Waals surface area contributed by atoms with Gasteiger partial charge >= 0.3 is 0 Å². The Morgan fingerprint density at radius 2 is 2.27 bits per heavy atom. The van der Waals surface area contributed by atoms with E-state index in [0.29, 0.717) is 12.0 Å².